The molecule has 1 aliphatic heterocycles. The van der Waals surface area contributed by atoms with E-state index in [2.05, 4.69) is 0 Å². The molecule has 4 heteroatoms. The van der Waals surface area contributed by atoms with Gasteiger partial charge in [-0.1, -0.05) is 12.1 Å². The number of aryl methyl sites for hydroxylation is 1. The highest BCUT2D eigenvalue weighted by Crippen LogP contribution is 2.23. The van der Waals surface area contributed by atoms with Crippen molar-refractivity contribution < 1.29 is 14.3 Å². The van der Waals surface area contributed by atoms with Gasteiger partial charge in [-0.25, -0.2) is 0 Å². The molecular formula is C15H21NO3. The number of hydrogen-bond donors (Lipinski definition) is 0. The molecule has 1 aromatic rings. The summed E-state index contributed by atoms with van der Waals surface area (Å²) in [5, 5.41) is 0. The van der Waals surface area contributed by atoms with Gasteiger partial charge in [0.1, 0.15) is 12.5 Å². The summed E-state index contributed by atoms with van der Waals surface area (Å²) in [6.07, 6.45) is 1.22. The van der Waals surface area contributed by atoms with Crippen LogP contribution in [0.25, 0.3) is 0 Å². The number of hydrogen-bond acceptors (Lipinski definition) is 3. The van der Waals surface area contributed by atoms with Crippen molar-refractivity contribution in [1.29, 1.82) is 0 Å². The molecule has 104 valence electrons. The van der Waals surface area contributed by atoms with Crippen LogP contribution in [-0.2, 0) is 16.0 Å². The van der Waals surface area contributed by atoms with Crippen LogP contribution in [-0.4, -0.2) is 36.8 Å². The average Bonchev–Trinajstić information content (AvgIpc) is 2.76. The molecule has 1 heterocycles. The molecular weight excluding hydrogens is 242 g/mol. The summed E-state index contributed by atoms with van der Waals surface area (Å²) in [5.41, 5.74) is 0.927. The fourth-order valence-corrected chi connectivity index (χ4v) is 2.26. The number of methoxy groups -OCH3 is 1. The van der Waals surface area contributed by atoms with E-state index in [0.717, 1.165) is 17.7 Å². The zero-order valence-corrected chi connectivity index (χ0v) is 11.8. The molecule has 1 amide bonds. The maximum atomic E-state index is 12.2. The molecule has 2 rings (SSSR count). The summed E-state index contributed by atoms with van der Waals surface area (Å²) in [4.78, 5) is 14.0. The van der Waals surface area contributed by atoms with Crippen LogP contribution in [0.3, 0.4) is 0 Å². The molecule has 1 aromatic carbocycles. The van der Waals surface area contributed by atoms with Crippen LogP contribution in [0.4, 0.5) is 0 Å². The summed E-state index contributed by atoms with van der Waals surface area (Å²) in [6.45, 7) is 5.08. The van der Waals surface area contributed by atoms with Crippen molar-refractivity contribution in [3.63, 3.8) is 0 Å². The molecule has 0 N–H and O–H groups in total. The van der Waals surface area contributed by atoms with Crippen molar-refractivity contribution in [3.8, 4) is 5.75 Å². The SMILES string of the molecule is COc1cccc(CCC(=O)N2COCC2(C)C)c1. The maximum absolute atomic E-state index is 12.2. The molecule has 0 unspecified atom stereocenters. The second kappa shape index (κ2) is 5.61. The van der Waals surface area contributed by atoms with Gasteiger partial charge in [-0.3, -0.25) is 4.79 Å². The third kappa shape index (κ3) is 3.26. The second-order valence-electron chi connectivity index (χ2n) is 5.46. The van der Waals surface area contributed by atoms with Gasteiger partial charge in [0.05, 0.1) is 19.3 Å². The predicted octanol–water partition coefficient (Wildman–Crippen LogP) is 2.22. The highest BCUT2D eigenvalue weighted by Gasteiger charge is 2.35. The highest BCUT2D eigenvalue weighted by molar-refractivity contribution is 5.77. The van der Waals surface area contributed by atoms with E-state index in [0.29, 0.717) is 19.8 Å². The van der Waals surface area contributed by atoms with Crippen molar-refractivity contribution >= 4 is 5.91 Å². The summed E-state index contributed by atoms with van der Waals surface area (Å²) < 4.78 is 10.5. The van der Waals surface area contributed by atoms with E-state index in [1.54, 1.807) is 7.11 Å². The zero-order valence-electron chi connectivity index (χ0n) is 11.8. The van der Waals surface area contributed by atoms with Crippen molar-refractivity contribution in [2.45, 2.75) is 32.2 Å². The van der Waals surface area contributed by atoms with Gasteiger partial charge in [0.25, 0.3) is 0 Å². The molecule has 0 bridgehead atoms. The highest BCUT2D eigenvalue weighted by atomic mass is 16.5. The van der Waals surface area contributed by atoms with E-state index in [4.69, 9.17) is 9.47 Å². The quantitative estimate of drug-likeness (QED) is 0.836. The minimum Gasteiger partial charge on any atom is -0.497 e. The molecule has 1 fully saturated rings. The molecule has 1 aliphatic rings. The Labute approximate surface area is 114 Å². The first-order valence-electron chi connectivity index (χ1n) is 6.54. The molecule has 0 saturated carbocycles. The lowest BCUT2D eigenvalue weighted by Crippen LogP contribution is -2.44. The van der Waals surface area contributed by atoms with E-state index in [1.165, 1.54) is 0 Å². The minimum absolute atomic E-state index is 0.144. The summed E-state index contributed by atoms with van der Waals surface area (Å²) in [5.74, 6) is 0.972. The molecule has 1 saturated heterocycles. The number of benzene rings is 1. The van der Waals surface area contributed by atoms with E-state index in [9.17, 15) is 4.79 Å². The van der Waals surface area contributed by atoms with Gasteiger partial charge in [-0.05, 0) is 38.0 Å². The van der Waals surface area contributed by atoms with Crippen LogP contribution in [0, 0.1) is 0 Å². The molecule has 0 spiro atoms. The monoisotopic (exact) mass is 263 g/mol. The van der Waals surface area contributed by atoms with Gasteiger partial charge in [0.15, 0.2) is 0 Å². The fraction of sp³-hybridized carbons (Fsp3) is 0.533. The summed E-state index contributed by atoms with van der Waals surface area (Å²) in [7, 11) is 1.65. The Hall–Kier alpha value is -1.55. The van der Waals surface area contributed by atoms with Crippen LogP contribution >= 0.6 is 0 Å². The average molecular weight is 263 g/mol. The van der Waals surface area contributed by atoms with Crippen molar-refractivity contribution in [2.75, 3.05) is 20.4 Å². The largest absolute Gasteiger partial charge is 0.497 e. The van der Waals surface area contributed by atoms with E-state index >= 15 is 0 Å². The third-order valence-electron chi connectivity index (χ3n) is 3.47. The smallest absolute Gasteiger partial charge is 0.225 e. The van der Waals surface area contributed by atoms with Crippen molar-refractivity contribution in [3.05, 3.63) is 29.8 Å². The standard InChI is InChI=1S/C15H21NO3/c1-15(2)10-19-11-16(15)14(17)8-7-12-5-4-6-13(9-12)18-3/h4-6,9H,7-8,10-11H2,1-3H3. The number of carbonyl (C=O) groups is 1. The number of carbonyl (C=O) groups excluding carboxylic acids is 1. The normalized spacial score (nSPS) is 17.5. The first-order chi connectivity index (χ1) is 9.03. The van der Waals surface area contributed by atoms with Crippen molar-refractivity contribution in [1.82, 2.24) is 4.90 Å². The number of nitrogens with zero attached hydrogens (tertiary/aromatic N) is 1. The van der Waals surface area contributed by atoms with Gasteiger partial charge in [-0.15, -0.1) is 0 Å². The Balaban J connectivity index is 1.93. The van der Waals surface area contributed by atoms with E-state index in [1.807, 2.05) is 43.0 Å². The second-order valence-corrected chi connectivity index (χ2v) is 5.46. The minimum atomic E-state index is -0.189. The molecule has 4 nitrogen and oxygen atoms in total. The van der Waals surface area contributed by atoms with Crippen LogP contribution in [0.1, 0.15) is 25.8 Å². The summed E-state index contributed by atoms with van der Waals surface area (Å²) in [6, 6.07) is 7.84. The third-order valence-corrected chi connectivity index (χ3v) is 3.47. The summed E-state index contributed by atoms with van der Waals surface area (Å²) >= 11 is 0. The zero-order chi connectivity index (χ0) is 13.9. The Morgan fingerprint density at radius 3 is 2.89 bits per heavy atom. The van der Waals surface area contributed by atoms with Gasteiger partial charge >= 0.3 is 0 Å². The van der Waals surface area contributed by atoms with E-state index in [-0.39, 0.29) is 11.4 Å². The Bertz CT molecular complexity index is 456. The Morgan fingerprint density at radius 2 is 2.26 bits per heavy atom. The molecule has 19 heavy (non-hydrogen) atoms. The topological polar surface area (TPSA) is 38.8 Å². The lowest BCUT2D eigenvalue weighted by molar-refractivity contribution is -0.135. The van der Waals surface area contributed by atoms with Gasteiger partial charge in [0, 0.05) is 6.42 Å². The lowest BCUT2D eigenvalue weighted by Gasteiger charge is -2.29. The van der Waals surface area contributed by atoms with Crippen LogP contribution in [0.2, 0.25) is 0 Å². The number of ether oxygens (including phenoxy) is 2. The predicted molar refractivity (Wildman–Crippen MR) is 73.1 cm³/mol. The first-order valence-corrected chi connectivity index (χ1v) is 6.54. The molecule has 0 atom stereocenters. The first kappa shape index (κ1) is 13.9. The maximum Gasteiger partial charge on any atom is 0.225 e. The number of amides is 1. The number of rotatable bonds is 4. The fourth-order valence-electron chi connectivity index (χ4n) is 2.26. The van der Waals surface area contributed by atoms with Gasteiger partial charge in [0.2, 0.25) is 5.91 Å². The molecule has 0 aromatic heterocycles. The van der Waals surface area contributed by atoms with Crippen LogP contribution in [0.15, 0.2) is 24.3 Å². The van der Waals surface area contributed by atoms with Crippen LogP contribution in [0.5, 0.6) is 5.75 Å². The lowest BCUT2D eigenvalue weighted by atomic mass is 10.0. The Kier molecular flexibility index (Phi) is 4.10. The molecule has 0 radical (unpaired) electrons. The van der Waals surface area contributed by atoms with Crippen molar-refractivity contribution in [2.24, 2.45) is 0 Å². The molecule has 0 aliphatic carbocycles. The van der Waals surface area contributed by atoms with Gasteiger partial charge in [-0.2, -0.15) is 0 Å². The Morgan fingerprint density at radius 1 is 1.47 bits per heavy atom. The van der Waals surface area contributed by atoms with Crippen LogP contribution < -0.4 is 4.74 Å². The van der Waals surface area contributed by atoms with E-state index < -0.39 is 0 Å². The van der Waals surface area contributed by atoms with Gasteiger partial charge < -0.3 is 14.4 Å².